The molecule has 10 nitrogen and oxygen atoms in total. The number of carbonyl (C=O) groups excluding carboxylic acids is 1. The van der Waals surface area contributed by atoms with E-state index in [2.05, 4.69) is 50.3 Å². The summed E-state index contributed by atoms with van der Waals surface area (Å²) >= 11 is 4.90. The van der Waals surface area contributed by atoms with Crippen LogP contribution < -0.4 is 15.6 Å². The third-order valence-corrected chi connectivity index (χ3v) is 8.94. The molecule has 0 bridgehead atoms. The first-order valence-corrected chi connectivity index (χ1v) is 16.2. The second-order valence-electron chi connectivity index (χ2n) is 12.1. The smallest absolute Gasteiger partial charge is 0.410 e. The molecule has 42 heavy (non-hydrogen) atoms. The van der Waals surface area contributed by atoms with Crippen molar-refractivity contribution in [2.24, 2.45) is 0 Å². The Morgan fingerprint density at radius 2 is 1.95 bits per heavy atom. The molecule has 1 N–H and O–H groups in total. The Kier molecular flexibility index (Phi) is 9.76. The van der Waals surface area contributed by atoms with Crippen molar-refractivity contribution in [3.05, 3.63) is 56.2 Å². The molecule has 0 radical (unpaired) electrons. The van der Waals surface area contributed by atoms with Gasteiger partial charge >= 0.3 is 6.09 Å². The van der Waals surface area contributed by atoms with Crippen molar-refractivity contribution < 1.29 is 19.0 Å². The highest BCUT2D eigenvalue weighted by molar-refractivity contribution is 9.10. The molecule has 3 atom stereocenters. The van der Waals surface area contributed by atoms with Crippen molar-refractivity contribution in [2.45, 2.75) is 63.7 Å². The van der Waals surface area contributed by atoms with Gasteiger partial charge in [0.05, 0.1) is 19.3 Å². The number of anilines is 1. The monoisotopic (exact) mass is 661 g/mol. The lowest BCUT2D eigenvalue weighted by Gasteiger charge is -2.36. The largest absolute Gasteiger partial charge is 0.491 e. The fourth-order valence-electron chi connectivity index (χ4n) is 5.59. The number of aromatic nitrogens is 2. The number of nitrogens with one attached hydrogen (secondary N) is 1. The first kappa shape index (κ1) is 30.8. The van der Waals surface area contributed by atoms with Crippen LogP contribution >= 0.6 is 27.3 Å². The van der Waals surface area contributed by atoms with Crippen LogP contribution in [0.3, 0.4) is 0 Å². The van der Waals surface area contributed by atoms with E-state index in [0.29, 0.717) is 47.5 Å². The van der Waals surface area contributed by atoms with Gasteiger partial charge in [-0.15, -0.1) is 11.3 Å². The van der Waals surface area contributed by atoms with Crippen LogP contribution in [-0.4, -0.2) is 89.5 Å². The lowest BCUT2D eigenvalue weighted by atomic mass is 9.88. The number of carbonyl (C=O) groups is 1. The SMILES string of the molecule is CN1C[C@H](Nc2nc3sccn3c(=O)c2Br)C[C@H](c2ccc(OCCOC3CCCN(C(=O)OC(C)(C)C)C3)cc2)C1. The first-order valence-electron chi connectivity index (χ1n) is 14.5. The maximum absolute atomic E-state index is 12.7. The summed E-state index contributed by atoms with van der Waals surface area (Å²) in [5.74, 6) is 1.74. The van der Waals surface area contributed by atoms with E-state index < -0.39 is 5.60 Å². The molecule has 1 unspecified atom stereocenters. The molecular weight excluding hydrogens is 622 g/mol. The molecule has 4 heterocycles. The maximum Gasteiger partial charge on any atom is 0.410 e. The Morgan fingerprint density at radius 3 is 2.71 bits per heavy atom. The fourth-order valence-corrected chi connectivity index (χ4v) is 6.69. The number of amides is 1. The number of rotatable bonds is 8. The molecule has 2 saturated heterocycles. The second kappa shape index (κ2) is 13.3. The minimum atomic E-state index is -0.504. The van der Waals surface area contributed by atoms with E-state index in [-0.39, 0.29) is 23.8 Å². The Hall–Kier alpha value is -2.67. The average molecular weight is 663 g/mol. The summed E-state index contributed by atoms with van der Waals surface area (Å²) in [5.41, 5.74) is 0.644. The molecule has 1 aromatic carbocycles. The number of likely N-dealkylation sites (tertiary alicyclic amines) is 2. The van der Waals surface area contributed by atoms with Crippen LogP contribution in [0.1, 0.15) is 51.5 Å². The van der Waals surface area contributed by atoms with E-state index in [0.717, 1.165) is 38.1 Å². The topological polar surface area (TPSA) is 97.6 Å². The van der Waals surface area contributed by atoms with Crippen LogP contribution in [0, 0.1) is 0 Å². The molecule has 2 aliphatic rings. The number of piperidine rings is 2. The quantitative estimate of drug-likeness (QED) is 0.329. The molecule has 2 fully saturated rings. The van der Waals surface area contributed by atoms with Crippen molar-refractivity contribution in [1.82, 2.24) is 19.2 Å². The summed E-state index contributed by atoms with van der Waals surface area (Å²) in [6, 6.07) is 8.45. The Balaban J connectivity index is 1.10. The third kappa shape index (κ3) is 7.83. The summed E-state index contributed by atoms with van der Waals surface area (Å²) < 4.78 is 19.5. The molecule has 2 aliphatic heterocycles. The molecular formula is C30H40BrN5O5S. The first-order chi connectivity index (χ1) is 20.1. The molecule has 0 saturated carbocycles. The second-order valence-corrected chi connectivity index (χ2v) is 13.8. The van der Waals surface area contributed by atoms with Crippen molar-refractivity contribution in [2.75, 3.05) is 51.8 Å². The molecule has 5 rings (SSSR count). The predicted octanol–water partition coefficient (Wildman–Crippen LogP) is 5.21. The van der Waals surface area contributed by atoms with E-state index in [1.807, 2.05) is 38.3 Å². The van der Waals surface area contributed by atoms with Crippen molar-refractivity contribution in [1.29, 1.82) is 0 Å². The lowest BCUT2D eigenvalue weighted by molar-refractivity contribution is -0.0261. The van der Waals surface area contributed by atoms with Gasteiger partial charge in [-0.05, 0) is 86.6 Å². The van der Waals surface area contributed by atoms with Gasteiger partial charge in [0.25, 0.3) is 5.56 Å². The standard InChI is InChI=1S/C30H40BrN5O5S/c1-30(2,3)41-29(38)35-11-5-6-24(19-35)40-14-13-39-23-9-7-20(8-10-23)21-16-22(18-34(4)17-21)32-26-25(31)27(37)36-12-15-42-28(36)33-26/h7-10,12,15,21-22,24,32H,5-6,11,13-14,16-19H2,1-4H3/t21-,22+,24?/m0/s1. The zero-order valence-corrected chi connectivity index (χ0v) is 27.1. The molecule has 1 amide bonds. The molecule has 228 valence electrons. The van der Waals surface area contributed by atoms with Crippen LogP contribution in [-0.2, 0) is 9.47 Å². The zero-order chi connectivity index (χ0) is 29.9. The highest BCUT2D eigenvalue weighted by Crippen LogP contribution is 2.30. The molecule has 3 aromatic rings. The summed E-state index contributed by atoms with van der Waals surface area (Å²) in [5, 5.41) is 5.38. The molecule has 2 aromatic heterocycles. The van der Waals surface area contributed by atoms with Crippen LogP contribution in [0.5, 0.6) is 5.75 Å². The van der Waals surface area contributed by atoms with Crippen molar-refractivity contribution >= 4 is 44.1 Å². The van der Waals surface area contributed by atoms with E-state index >= 15 is 0 Å². The number of ether oxygens (including phenoxy) is 3. The number of hydrogen-bond donors (Lipinski definition) is 1. The Bertz CT molecular complexity index is 1420. The van der Waals surface area contributed by atoms with Crippen molar-refractivity contribution in [3.8, 4) is 5.75 Å². The minimum Gasteiger partial charge on any atom is -0.491 e. The van der Waals surface area contributed by atoms with Crippen LogP contribution in [0.25, 0.3) is 4.96 Å². The van der Waals surface area contributed by atoms with Crippen LogP contribution in [0.15, 0.2) is 45.1 Å². The van der Waals surface area contributed by atoms with E-state index in [9.17, 15) is 9.59 Å². The van der Waals surface area contributed by atoms with E-state index in [1.165, 1.54) is 16.9 Å². The zero-order valence-electron chi connectivity index (χ0n) is 24.7. The number of nitrogens with zero attached hydrogens (tertiary/aromatic N) is 4. The number of fused-ring (bicyclic) bond motifs is 1. The Morgan fingerprint density at radius 1 is 1.17 bits per heavy atom. The summed E-state index contributed by atoms with van der Waals surface area (Å²) in [4.78, 5) is 34.5. The van der Waals surface area contributed by atoms with Gasteiger partial charge in [-0.25, -0.2) is 9.78 Å². The fraction of sp³-hybridized carbons (Fsp3) is 0.567. The number of benzene rings is 1. The number of hydrogen-bond acceptors (Lipinski definition) is 9. The van der Waals surface area contributed by atoms with Gasteiger partial charge in [-0.2, -0.15) is 0 Å². The summed E-state index contributed by atoms with van der Waals surface area (Å²) in [7, 11) is 2.12. The Labute approximate surface area is 259 Å². The maximum atomic E-state index is 12.7. The molecule has 12 heteroatoms. The molecule has 0 spiro atoms. The van der Waals surface area contributed by atoms with Gasteiger partial charge in [-0.3, -0.25) is 9.20 Å². The minimum absolute atomic E-state index is 0.0101. The van der Waals surface area contributed by atoms with E-state index in [1.54, 1.807) is 15.5 Å². The van der Waals surface area contributed by atoms with Gasteiger partial charge in [0.15, 0.2) is 4.96 Å². The number of likely N-dealkylation sites (N-methyl/N-ethyl adjacent to an activating group) is 1. The third-order valence-electron chi connectivity index (χ3n) is 7.47. The molecule has 0 aliphatic carbocycles. The highest BCUT2D eigenvalue weighted by atomic mass is 79.9. The lowest BCUT2D eigenvalue weighted by Crippen LogP contribution is -2.45. The summed E-state index contributed by atoms with van der Waals surface area (Å²) in [6.07, 6.45) is 4.20. The van der Waals surface area contributed by atoms with Crippen LogP contribution in [0.4, 0.5) is 10.6 Å². The number of thiazole rings is 1. The average Bonchev–Trinajstić information content (AvgIpc) is 3.42. The summed E-state index contributed by atoms with van der Waals surface area (Å²) in [6.45, 7) is 9.60. The normalized spacial score (nSPS) is 21.8. The van der Waals surface area contributed by atoms with Gasteiger partial charge < -0.3 is 29.3 Å². The van der Waals surface area contributed by atoms with Gasteiger partial charge in [0, 0.05) is 37.3 Å². The predicted molar refractivity (Wildman–Crippen MR) is 168 cm³/mol. The number of halogens is 1. The highest BCUT2D eigenvalue weighted by Gasteiger charge is 2.29. The van der Waals surface area contributed by atoms with Gasteiger partial charge in [0.2, 0.25) is 0 Å². The van der Waals surface area contributed by atoms with Gasteiger partial charge in [0.1, 0.15) is 28.2 Å². The van der Waals surface area contributed by atoms with E-state index in [4.69, 9.17) is 14.2 Å². The van der Waals surface area contributed by atoms with Gasteiger partial charge in [-0.1, -0.05) is 12.1 Å². The van der Waals surface area contributed by atoms with Crippen molar-refractivity contribution in [3.63, 3.8) is 0 Å². The van der Waals surface area contributed by atoms with Crippen LogP contribution in [0.2, 0.25) is 0 Å².